The minimum absolute atomic E-state index is 0.0184. The van der Waals surface area contributed by atoms with E-state index in [4.69, 9.17) is 9.15 Å². The lowest BCUT2D eigenvalue weighted by molar-refractivity contribution is -0.159. The number of carbonyl (C=O) groups excluding carboxylic acids is 2. The molecule has 0 saturated carbocycles. The second-order valence-electron chi connectivity index (χ2n) is 7.03. The highest BCUT2D eigenvalue weighted by molar-refractivity contribution is 7.13. The van der Waals surface area contributed by atoms with E-state index >= 15 is 0 Å². The Bertz CT molecular complexity index is 1100. The van der Waals surface area contributed by atoms with Crippen LogP contribution in [-0.2, 0) is 33.8 Å². The van der Waals surface area contributed by atoms with Crippen LogP contribution in [0.25, 0.3) is 10.8 Å². The summed E-state index contributed by atoms with van der Waals surface area (Å²) >= 11 is 1.40. The van der Waals surface area contributed by atoms with Gasteiger partial charge in [-0.1, -0.05) is 30.3 Å². The molecule has 0 unspecified atom stereocenters. The maximum absolute atomic E-state index is 12.7. The zero-order chi connectivity index (χ0) is 21.1. The first kappa shape index (κ1) is 20.1. The van der Waals surface area contributed by atoms with E-state index in [1.54, 1.807) is 17.9 Å². The molecular weight excluding hydrogens is 406 g/mol. The number of hydrogen-bond acceptors (Lipinski definition) is 7. The standard InChI is InChI=1S/C21H21N3O5S/c1-14(20(26)23-10-8-15-5-2-3-6-16(15)13-23)28-18(25)9-11-24-21(27)29-19(22-24)17-7-4-12-30-17/h2-7,12,14H,8-11,13H2,1H3/t14-/m0/s1. The van der Waals surface area contributed by atoms with Crippen molar-refractivity contribution < 1.29 is 18.7 Å². The Labute approximate surface area is 176 Å². The molecule has 1 atom stereocenters. The van der Waals surface area contributed by atoms with E-state index in [1.165, 1.54) is 16.9 Å². The Morgan fingerprint density at radius 3 is 2.80 bits per heavy atom. The Morgan fingerprint density at radius 1 is 1.23 bits per heavy atom. The Balaban J connectivity index is 1.30. The second-order valence-corrected chi connectivity index (χ2v) is 7.98. The zero-order valence-corrected chi connectivity index (χ0v) is 17.3. The van der Waals surface area contributed by atoms with Gasteiger partial charge in [0.1, 0.15) is 0 Å². The quantitative estimate of drug-likeness (QED) is 0.561. The molecule has 3 heterocycles. The number of thiophene rings is 1. The molecule has 4 rings (SSSR count). The summed E-state index contributed by atoms with van der Waals surface area (Å²) in [6, 6.07) is 11.6. The number of aryl methyl sites for hydroxylation is 1. The van der Waals surface area contributed by atoms with E-state index in [9.17, 15) is 14.4 Å². The summed E-state index contributed by atoms with van der Waals surface area (Å²) in [5, 5.41) is 5.95. The molecule has 30 heavy (non-hydrogen) atoms. The average Bonchev–Trinajstić information content (AvgIpc) is 3.41. The van der Waals surface area contributed by atoms with Crippen LogP contribution in [0.1, 0.15) is 24.5 Å². The average molecular weight is 427 g/mol. The van der Waals surface area contributed by atoms with Gasteiger partial charge in [0.25, 0.3) is 11.8 Å². The predicted molar refractivity (Wildman–Crippen MR) is 110 cm³/mol. The van der Waals surface area contributed by atoms with Crippen LogP contribution in [0.4, 0.5) is 0 Å². The molecule has 0 radical (unpaired) electrons. The molecule has 2 aromatic heterocycles. The number of esters is 1. The topological polar surface area (TPSA) is 94.6 Å². The lowest BCUT2D eigenvalue weighted by atomic mass is 9.99. The number of hydrogen-bond donors (Lipinski definition) is 0. The minimum atomic E-state index is -0.890. The van der Waals surface area contributed by atoms with Crippen LogP contribution in [0.5, 0.6) is 0 Å². The molecule has 3 aromatic rings. The summed E-state index contributed by atoms with van der Waals surface area (Å²) in [4.78, 5) is 39.2. The van der Waals surface area contributed by atoms with Gasteiger partial charge in [0, 0.05) is 13.1 Å². The van der Waals surface area contributed by atoms with Crippen molar-refractivity contribution in [3.63, 3.8) is 0 Å². The van der Waals surface area contributed by atoms with Crippen LogP contribution in [0.3, 0.4) is 0 Å². The number of aromatic nitrogens is 2. The molecule has 1 aliphatic rings. The first-order valence-electron chi connectivity index (χ1n) is 9.68. The third kappa shape index (κ3) is 4.35. The van der Waals surface area contributed by atoms with E-state index in [1.807, 2.05) is 29.6 Å². The number of nitrogens with zero attached hydrogens (tertiary/aromatic N) is 3. The fraction of sp³-hybridized carbons (Fsp3) is 0.333. The summed E-state index contributed by atoms with van der Waals surface area (Å²) < 4.78 is 11.5. The van der Waals surface area contributed by atoms with Crippen molar-refractivity contribution in [2.45, 2.75) is 39.0 Å². The van der Waals surface area contributed by atoms with E-state index in [0.29, 0.717) is 13.1 Å². The van der Waals surface area contributed by atoms with Gasteiger partial charge in [-0.05, 0) is 35.9 Å². The second kappa shape index (κ2) is 8.66. The molecule has 1 amide bonds. The fourth-order valence-electron chi connectivity index (χ4n) is 3.39. The SMILES string of the molecule is C[C@H](OC(=O)CCn1nc(-c2cccs2)oc1=O)C(=O)N1CCc2ccccc2C1. The van der Waals surface area contributed by atoms with E-state index in [-0.39, 0.29) is 24.8 Å². The van der Waals surface area contributed by atoms with Gasteiger partial charge in [0.2, 0.25) is 0 Å². The first-order valence-corrected chi connectivity index (χ1v) is 10.6. The van der Waals surface area contributed by atoms with Gasteiger partial charge in [0.15, 0.2) is 6.10 Å². The van der Waals surface area contributed by atoms with Crippen molar-refractivity contribution in [2.24, 2.45) is 0 Å². The summed E-state index contributed by atoms with van der Waals surface area (Å²) in [7, 11) is 0. The van der Waals surface area contributed by atoms with E-state index in [0.717, 1.165) is 21.5 Å². The third-order valence-electron chi connectivity index (χ3n) is 4.96. The predicted octanol–water partition coefficient (Wildman–Crippen LogP) is 2.47. The summed E-state index contributed by atoms with van der Waals surface area (Å²) in [6.45, 7) is 2.69. The highest BCUT2D eigenvalue weighted by atomic mass is 32.1. The van der Waals surface area contributed by atoms with Crippen LogP contribution in [-0.4, -0.2) is 39.2 Å². The molecule has 0 spiro atoms. The molecule has 1 aromatic carbocycles. The van der Waals surface area contributed by atoms with Gasteiger partial charge in [0.05, 0.1) is 17.8 Å². The Morgan fingerprint density at radius 2 is 2.03 bits per heavy atom. The highest BCUT2D eigenvalue weighted by Crippen LogP contribution is 2.21. The van der Waals surface area contributed by atoms with Crippen molar-refractivity contribution >= 4 is 23.2 Å². The molecule has 0 bridgehead atoms. The van der Waals surface area contributed by atoms with Gasteiger partial charge in [-0.25, -0.2) is 4.79 Å². The Kier molecular flexibility index (Phi) is 5.80. The van der Waals surface area contributed by atoms with Crippen LogP contribution in [0, 0.1) is 0 Å². The Hall–Kier alpha value is -3.20. The maximum Gasteiger partial charge on any atom is 0.437 e. The third-order valence-corrected chi connectivity index (χ3v) is 5.82. The highest BCUT2D eigenvalue weighted by Gasteiger charge is 2.27. The van der Waals surface area contributed by atoms with Gasteiger partial charge >= 0.3 is 11.7 Å². The van der Waals surface area contributed by atoms with Crippen molar-refractivity contribution in [3.05, 3.63) is 63.5 Å². The van der Waals surface area contributed by atoms with Gasteiger partial charge in [-0.15, -0.1) is 16.4 Å². The number of amides is 1. The molecule has 0 fully saturated rings. The molecular formula is C21H21N3O5S. The summed E-state index contributed by atoms with van der Waals surface area (Å²) in [5.74, 6) is -1.21. The maximum atomic E-state index is 12.7. The monoisotopic (exact) mass is 427 g/mol. The zero-order valence-electron chi connectivity index (χ0n) is 16.4. The normalized spacial score (nSPS) is 14.2. The van der Waals surface area contributed by atoms with Gasteiger partial charge in [-0.2, -0.15) is 4.68 Å². The lowest BCUT2D eigenvalue weighted by Crippen LogP contribution is -2.42. The molecule has 1 aliphatic heterocycles. The van der Waals surface area contributed by atoms with Crippen LogP contribution >= 0.6 is 11.3 Å². The number of carbonyl (C=O) groups is 2. The van der Waals surface area contributed by atoms with Crippen molar-refractivity contribution in [1.29, 1.82) is 0 Å². The molecule has 8 nitrogen and oxygen atoms in total. The van der Waals surface area contributed by atoms with Gasteiger partial charge < -0.3 is 14.1 Å². The smallest absolute Gasteiger partial charge is 0.437 e. The van der Waals surface area contributed by atoms with Gasteiger partial charge in [-0.3, -0.25) is 9.59 Å². The van der Waals surface area contributed by atoms with Crippen molar-refractivity contribution in [3.8, 4) is 10.8 Å². The minimum Gasteiger partial charge on any atom is -0.452 e. The first-order chi connectivity index (χ1) is 14.5. The molecule has 0 aliphatic carbocycles. The molecule has 156 valence electrons. The number of fused-ring (bicyclic) bond motifs is 1. The molecule has 9 heteroatoms. The van der Waals surface area contributed by atoms with Crippen LogP contribution in [0.15, 0.2) is 51.0 Å². The number of ether oxygens (including phenoxy) is 1. The summed E-state index contributed by atoms with van der Waals surface area (Å²) in [5.41, 5.74) is 2.36. The van der Waals surface area contributed by atoms with Crippen molar-refractivity contribution in [2.75, 3.05) is 6.54 Å². The lowest BCUT2D eigenvalue weighted by Gasteiger charge is -2.30. The number of benzene rings is 1. The fourth-order valence-corrected chi connectivity index (χ4v) is 4.04. The van der Waals surface area contributed by atoms with Crippen molar-refractivity contribution in [1.82, 2.24) is 14.7 Å². The number of rotatable bonds is 6. The van der Waals surface area contributed by atoms with E-state index < -0.39 is 17.8 Å². The van der Waals surface area contributed by atoms with Crippen LogP contribution in [0.2, 0.25) is 0 Å². The largest absolute Gasteiger partial charge is 0.452 e. The molecule has 0 saturated heterocycles. The van der Waals surface area contributed by atoms with Crippen LogP contribution < -0.4 is 5.76 Å². The summed E-state index contributed by atoms with van der Waals surface area (Å²) in [6.07, 6.45) is -0.195. The van der Waals surface area contributed by atoms with E-state index in [2.05, 4.69) is 11.2 Å². The molecule has 0 N–H and O–H groups in total.